The minimum Gasteiger partial charge on any atom is -0.356 e. The van der Waals surface area contributed by atoms with E-state index in [1.165, 1.54) is 0 Å². The molecule has 12 heavy (non-hydrogen) atoms. The highest BCUT2D eigenvalue weighted by molar-refractivity contribution is 5.79. The van der Waals surface area contributed by atoms with Crippen molar-refractivity contribution < 1.29 is 18.3 Å². The second kappa shape index (κ2) is 4.32. The van der Waals surface area contributed by atoms with Crippen molar-refractivity contribution in [3.8, 4) is 0 Å². The molecule has 0 aliphatic carbocycles. The van der Waals surface area contributed by atoms with E-state index in [1.54, 1.807) is 0 Å². The minimum absolute atomic E-state index is 0.373. The second-order valence-electron chi connectivity index (χ2n) is 2.37. The number of hydrogen-bond acceptors (Lipinski definition) is 3. The normalized spacial score (nSPS) is 24.1. The van der Waals surface area contributed by atoms with E-state index in [1.807, 2.05) is 5.32 Å². The lowest BCUT2D eigenvalue weighted by molar-refractivity contribution is -0.137. The first kappa shape index (κ1) is 9.34. The van der Waals surface area contributed by atoms with Gasteiger partial charge in [-0.25, -0.2) is 0 Å². The summed E-state index contributed by atoms with van der Waals surface area (Å²) in [5.41, 5.74) is 0. The van der Waals surface area contributed by atoms with E-state index < -0.39 is 18.6 Å². The molecule has 1 aliphatic heterocycles. The molecule has 1 amide bonds. The zero-order valence-electron chi connectivity index (χ0n) is 6.35. The van der Waals surface area contributed by atoms with Crippen LogP contribution in [-0.4, -0.2) is 38.3 Å². The van der Waals surface area contributed by atoms with Crippen LogP contribution in [0.5, 0.6) is 0 Å². The van der Waals surface area contributed by atoms with Gasteiger partial charge in [-0.1, -0.05) is 0 Å². The molecule has 1 aliphatic rings. The van der Waals surface area contributed by atoms with Gasteiger partial charge in [-0.15, -0.1) is 0 Å². The number of ether oxygens (including phenoxy) is 1. The molecule has 0 aromatic heterocycles. The van der Waals surface area contributed by atoms with Gasteiger partial charge in [-0.2, -0.15) is 8.78 Å². The summed E-state index contributed by atoms with van der Waals surface area (Å²) in [5.74, 6) is -1.29. The quantitative estimate of drug-likeness (QED) is 0.591. The van der Waals surface area contributed by atoms with E-state index in [0.29, 0.717) is 19.7 Å². The average molecular weight is 180 g/mol. The van der Waals surface area contributed by atoms with Crippen molar-refractivity contribution in [2.24, 2.45) is 0 Å². The fourth-order valence-corrected chi connectivity index (χ4v) is 0.880. The molecular formula is C6H10F2N2O2. The zero-order valence-corrected chi connectivity index (χ0v) is 6.35. The third-order valence-electron chi connectivity index (χ3n) is 1.43. The molecule has 4 nitrogen and oxygen atoms in total. The van der Waals surface area contributed by atoms with E-state index in [-0.39, 0.29) is 0 Å². The molecule has 0 radical (unpaired) electrons. The first-order valence-electron chi connectivity index (χ1n) is 3.61. The summed E-state index contributed by atoms with van der Waals surface area (Å²) in [7, 11) is 0. The van der Waals surface area contributed by atoms with Crippen LogP contribution in [-0.2, 0) is 9.53 Å². The van der Waals surface area contributed by atoms with Crippen molar-refractivity contribution in [3.05, 3.63) is 0 Å². The molecule has 1 atom stereocenters. The third kappa shape index (κ3) is 2.71. The Labute approximate surface area is 68.3 Å². The fraction of sp³-hybridized carbons (Fsp3) is 0.833. The van der Waals surface area contributed by atoms with Crippen molar-refractivity contribution in [1.82, 2.24) is 10.6 Å². The van der Waals surface area contributed by atoms with E-state index in [9.17, 15) is 13.6 Å². The summed E-state index contributed by atoms with van der Waals surface area (Å²) < 4.78 is 28.4. The van der Waals surface area contributed by atoms with Gasteiger partial charge < -0.3 is 15.4 Å². The molecule has 1 fully saturated rings. The van der Waals surface area contributed by atoms with Gasteiger partial charge in [0.15, 0.2) is 0 Å². The third-order valence-corrected chi connectivity index (χ3v) is 1.43. The van der Waals surface area contributed by atoms with Crippen LogP contribution in [0.15, 0.2) is 0 Å². The topological polar surface area (TPSA) is 50.4 Å². The maximum Gasteiger partial charge on any atom is 0.315 e. The second-order valence-corrected chi connectivity index (χ2v) is 2.37. The minimum atomic E-state index is -2.98. The Hall–Kier alpha value is -0.750. The predicted molar refractivity (Wildman–Crippen MR) is 36.8 cm³/mol. The molecule has 1 unspecified atom stereocenters. The van der Waals surface area contributed by atoms with Crippen LogP contribution in [0.3, 0.4) is 0 Å². The van der Waals surface area contributed by atoms with Gasteiger partial charge in [0.25, 0.3) is 5.91 Å². The highest BCUT2D eigenvalue weighted by Gasteiger charge is 2.21. The van der Waals surface area contributed by atoms with Crippen LogP contribution in [0, 0.1) is 0 Å². The number of alkyl halides is 2. The molecular weight excluding hydrogens is 170 g/mol. The molecule has 2 N–H and O–H groups in total. The Balaban J connectivity index is 2.24. The van der Waals surface area contributed by atoms with Gasteiger partial charge in [-0.3, -0.25) is 4.79 Å². The molecule has 6 heteroatoms. The Morgan fingerprint density at radius 1 is 1.67 bits per heavy atom. The summed E-state index contributed by atoms with van der Waals surface area (Å²) in [5, 5.41) is 4.94. The molecule has 0 spiro atoms. The lowest BCUT2D eigenvalue weighted by Crippen LogP contribution is -2.50. The molecule has 1 heterocycles. The van der Waals surface area contributed by atoms with Crippen molar-refractivity contribution in [3.63, 3.8) is 0 Å². The van der Waals surface area contributed by atoms with Crippen molar-refractivity contribution in [2.75, 3.05) is 19.7 Å². The number of carbonyl (C=O) groups is 1. The zero-order chi connectivity index (χ0) is 8.97. The van der Waals surface area contributed by atoms with Gasteiger partial charge in [0.2, 0.25) is 0 Å². The smallest absolute Gasteiger partial charge is 0.315 e. The molecule has 0 aromatic rings. The number of halogens is 2. The summed E-state index contributed by atoms with van der Waals surface area (Å²) in [6.45, 7) is 1.48. The first-order valence-corrected chi connectivity index (χ1v) is 3.61. The number of carbonyl (C=O) groups excluding carboxylic acids is 1. The van der Waals surface area contributed by atoms with Crippen molar-refractivity contribution >= 4 is 5.91 Å². The van der Waals surface area contributed by atoms with Gasteiger partial charge in [0, 0.05) is 13.1 Å². The van der Waals surface area contributed by atoms with E-state index in [2.05, 4.69) is 5.32 Å². The maximum atomic E-state index is 11.7. The number of nitrogens with one attached hydrogen (secondary N) is 2. The predicted octanol–water partition coefficient (Wildman–Crippen LogP) is -0.686. The Morgan fingerprint density at radius 3 is 2.92 bits per heavy atom. The molecule has 1 rings (SSSR count). The number of rotatable bonds is 2. The molecule has 0 bridgehead atoms. The summed E-state index contributed by atoms with van der Waals surface area (Å²) in [4.78, 5) is 10.4. The van der Waals surface area contributed by atoms with E-state index >= 15 is 0 Å². The van der Waals surface area contributed by atoms with Crippen LogP contribution in [0.1, 0.15) is 0 Å². The largest absolute Gasteiger partial charge is 0.356 e. The van der Waals surface area contributed by atoms with Crippen LogP contribution in [0.4, 0.5) is 8.78 Å². The van der Waals surface area contributed by atoms with Gasteiger partial charge in [0.1, 0.15) is 6.23 Å². The monoisotopic (exact) mass is 180 g/mol. The number of amides is 1. The van der Waals surface area contributed by atoms with Gasteiger partial charge in [-0.05, 0) is 0 Å². The van der Waals surface area contributed by atoms with E-state index in [0.717, 1.165) is 0 Å². The van der Waals surface area contributed by atoms with Crippen molar-refractivity contribution in [2.45, 2.75) is 12.7 Å². The highest BCUT2D eigenvalue weighted by atomic mass is 19.3. The first-order chi connectivity index (χ1) is 5.70. The standard InChI is InChI=1S/C6H10F2N2O2/c7-5(8)6(11)10-4-3-9-1-2-12-4/h4-5,9H,1-3H2,(H,10,11). The van der Waals surface area contributed by atoms with Crippen molar-refractivity contribution in [1.29, 1.82) is 0 Å². The SMILES string of the molecule is O=C(NC1CNCCO1)C(F)F. The van der Waals surface area contributed by atoms with Crippen LogP contribution >= 0.6 is 0 Å². The summed E-state index contributed by atoms with van der Waals surface area (Å²) >= 11 is 0. The Bertz CT molecular complexity index is 160. The van der Waals surface area contributed by atoms with Gasteiger partial charge >= 0.3 is 6.43 Å². The lowest BCUT2D eigenvalue weighted by Gasteiger charge is -2.24. The molecule has 70 valence electrons. The Kier molecular flexibility index (Phi) is 3.36. The molecule has 1 saturated heterocycles. The Morgan fingerprint density at radius 2 is 2.42 bits per heavy atom. The van der Waals surface area contributed by atoms with Crippen LogP contribution in [0.25, 0.3) is 0 Å². The van der Waals surface area contributed by atoms with E-state index in [4.69, 9.17) is 4.74 Å². The number of hydrogen-bond donors (Lipinski definition) is 2. The van der Waals surface area contributed by atoms with Crippen LogP contribution < -0.4 is 10.6 Å². The summed E-state index contributed by atoms with van der Waals surface area (Å²) in [6, 6.07) is 0. The lowest BCUT2D eigenvalue weighted by atomic mass is 10.4. The molecule has 0 aromatic carbocycles. The average Bonchev–Trinajstić information content (AvgIpc) is 2.06. The molecule has 0 saturated carbocycles. The maximum absolute atomic E-state index is 11.7. The summed E-state index contributed by atoms with van der Waals surface area (Å²) in [6.07, 6.45) is -3.60. The van der Waals surface area contributed by atoms with Crippen LogP contribution in [0.2, 0.25) is 0 Å². The fourth-order valence-electron chi connectivity index (χ4n) is 0.880. The number of morpholine rings is 1. The van der Waals surface area contributed by atoms with Gasteiger partial charge in [0.05, 0.1) is 6.61 Å². The highest BCUT2D eigenvalue weighted by Crippen LogP contribution is 1.96.